The molecule has 0 aliphatic heterocycles. The summed E-state index contributed by atoms with van der Waals surface area (Å²) in [4.78, 5) is 39.5. The van der Waals surface area contributed by atoms with Crippen molar-refractivity contribution in [2.24, 2.45) is 0 Å². The Bertz CT molecular complexity index is 1260. The zero-order valence-corrected chi connectivity index (χ0v) is 14.2. The summed E-state index contributed by atoms with van der Waals surface area (Å²) < 4.78 is 2.43. The zero-order valence-electron chi connectivity index (χ0n) is 14.2. The van der Waals surface area contributed by atoms with E-state index in [-0.39, 0.29) is 16.6 Å². The molecule has 28 heavy (non-hydrogen) atoms. The summed E-state index contributed by atoms with van der Waals surface area (Å²) in [5.74, 6) is -0.678. The van der Waals surface area contributed by atoms with Crippen molar-refractivity contribution in [3.63, 3.8) is 0 Å². The summed E-state index contributed by atoms with van der Waals surface area (Å²) >= 11 is 0. The number of carbonyl (C=O) groups is 1. The van der Waals surface area contributed by atoms with E-state index in [1.807, 2.05) is 30.3 Å². The Labute approximate surface area is 156 Å². The molecular weight excluding hydrogens is 364 g/mol. The molecule has 10 heteroatoms. The normalized spacial score (nSPS) is 10.7. The summed E-state index contributed by atoms with van der Waals surface area (Å²) in [6, 6.07) is 14.4. The fourth-order valence-corrected chi connectivity index (χ4v) is 2.68. The predicted octanol–water partition coefficient (Wildman–Crippen LogP) is 1.87. The maximum Gasteiger partial charge on any atom is 0.283 e. The standard InChI is InChI=1S/C18H12N6O4/c25-17(12-5-4-8-14(9-12)24(27)28)21-22-11-19-16-15(18(22)26)10-20-23(16)13-6-2-1-3-7-13/h1-11H,(H,21,25). The van der Waals surface area contributed by atoms with Crippen LogP contribution >= 0.6 is 0 Å². The van der Waals surface area contributed by atoms with Gasteiger partial charge in [0.05, 0.1) is 16.8 Å². The molecule has 2 aromatic heterocycles. The average molecular weight is 376 g/mol. The lowest BCUT2D eigenvalue weighted by atomic mass is 10.2. The second-order valence-electron chi connectivity index (χ2n) is 5.80. The third-order valence-electron chi connectivity index (χ3n) is 4.03. The van der Waals surface area contributed by atoms with Gasteiger partial charge < -0.3 is 0 Å². The van der Waals surface area contributed by atoms with Gasteiger partial charge in [0.1, 0.15) is 11.7 Å². The highest BCUT2D eigenvalue weighted by Crippen LogP contribution is 2.14. The second kappa shape index (κ2) is 6.76. The Morgan fingerprint density at radius 2 is 1.89 bits per heavy atom. The first-order valence-corrected chi connectivity index (χ1v) is 8.11. The van der Waals surface area contributed by atoms with Crippen molar-refractivity contribution in [1.82, 2.24) is 19.4 Å². The summed E-state index contributed by atoms with van der Waals surface area (Å²) in [6.45, 7) is 0. The van der Waals surface area contributed by atoms with Crippen LogP contribution in [0.2, 0.25) is 0 Å². The molecule has 1 amide bonds. The van der Waals surface area contributed by atoms with Gasteiger partial charge in [-0.05, 0) is 18.2 Å². The highest BCUT2D eigenvalue weighted by Gasteiger charge is 2.15. The molecule has 0 unspecified atom stereocenters. The minimum absolute atomic E-state index is 0.0428. The second-order valence-corrected chi connectivity index (χ2v) is 5.80. The van der Waals surface area contributed by atoms with E-state index in [0.717, 1.165) is 16.4 Å². The van der Waals surface area contributed by atoms with Crippen LogP contribution in [0.1, 0.15) is 10.4 Å². The quantitative estimate of drug-likeness (QED) is 0.428. The molecule has 0 radical (unpaired) electrons. The number of non-ortho nitro benzene ring substituents is 1. The molecule has 0 aliphatic rings. The SMILES string of the molecule is O=C(Nn1cnc2c(cnn2-c2ccccc2)c1=O)c1cccc([N+](=O)[O-])c1. The number of nitrogens with zero attached hydrogens (tertiary/aromatic N) is 5. The Hall–Kier alpha value is -4.34. The Balaban J connectivity index is 1.68. The van der Waals surface area contributed by atoms with Crippen LogP contribution in [0, 0.1) is 10.1 Å². The summed E-state index contributed by atoms with van der Waals surface area (Å²) in [5, 5.41) is 15.3. The number of nitro groups is 1. The number of rotatable bonds is 4. The lowest BCUT2D eigenvalue weighted by Gasteiger charge is -2.08. The van der Waals surface area contributed by atoms with Gasteiger partial charge in [0.15, 0.2) is 5.65 Å². The first-order chi connectivity index (χ1) is 13.5. The van der Waals surface area contributed by atoms with Crippen LogP contribution in [0.15, 0.2) is 71.9 Å². The van der Waals surface area contributed by atoms with Gasteiger partial charge in [0.2, 0.25) is 0 Å². The van der Waals surface area contributed by atoms with Crippen LogP contribution in [-0.2, 0) is 0 Å². The topological polar surface area (TPSA) is 125 Å². The number of aromatic nitrogens is 4. The maximum atomic E-state index is 12.7. The molecule has 0 fully saturated rings. The smallest absolute Gasteiger partial charge is 0.267 e. The van der Waals surface area contributed by atoms with Crippen LogP contribution in [0.25, 0.3) is 16.7 Å². The summed E-state index contributed by atoms with van der Waals surface area (Å²) in [6.07, 6.45) is 2.54. The molecule has 4 aromatic rings. The summed E-state index contributed by atoms with van der Waals surface area (Å²) in [7, 11) is 0. The zero-order chi connectivity index (χ0) is 19.7. The number of nitrogens with one attached hydrogen (secondary N) is 1. The highest BCUT2D eigenvalue weighted by atomic mass is 16.6. The van der Waals surface area contributed by atoms with E-state index in [9.17, 15) is 19.7 Å². The van der Waals surface area contributed by atoms with Crippen molar-refractivity contribution >= 4 is 22.6 Å². The molecule has 0 aliphatic carbocycles. The van der Waals surface area contributed by atoms with Gasteiger partial charge in [-0.2, -0.15) is 5.10 Å². The molecule has 4 rings (SSSR count). The van der Waals surface area contributed by atoms with Crippen molar-refractivity contribution < 1.29 is 9.72 Å². The number of hydrogen-bond acceptors (Lipinski definition) is 6. The van der Waals surface area contributed by atoms with Crippen LogP contribution < -0.4 is 11.0 Å². The van der Waals surface area contributed by atoms with E-state index < -0.39 is 16.4 Å². The number of benzene rings is 2. The molecule has 0 saturated carbocycles. The van der Waals surface area contributed by atoms with E-state index in [1.165, 1.54) is 35.4 Å². The number of fused-ring (bicyclic) bond motifs is 1. The van der Waals surface area contributed by atoms with Gasteiger partial charge in [-0.25, -0.2) is 14.3 Å². The third kappa shape index (κ3) is 2.98. The van der Waals surface area contributed by atoms with Crippen LogP contribution in [0.3, 0.4) is 0 Å². The number of nitro benzene ring substituents is 1. The lowest BCUT2D eigenvalue weighted by molar-refractivity contribution is -0.384. The number of para-hydroxylation sites is 1. The number of hydrogen-bond donors (Lipinski definition) is 1. The van der Waals surface area contributed by atoms with Crippen molar-refractivity contribution in [2.45, 2.75) is 0 Å². The molecule has 0 spiro atoms. The first-order valence-electron chi connectivity index (χ1n) is 8.11. The fraction of sp³-hybridized carbons (Fsp3) is 0. The van der Waals surface area contributed by atoms with E-state index in [0.29, 0.717) is 5.65 Å². The molecule has 2 heterocycles. The van der Waals surface area contributed by atoms with Crippen LogP contribution in [0.4, 0.5) is 5.69 Å². The van der Waals surface area contributed by atoms with Crippen molar-refractivity contribution in [3.05, 3.63) is 93.2 Å². The van der Waals surface area contributed by atoms with Gasteiger partial charge in [-0.15, -0.1) is 0 Å². The van der Waals surface area contributed by atoms with Crippen LogP contribution in [-0.4, -0.2) is 30.3 Å². The fourth-order valence-electron chi connectivity index (χ4n) is 2.68. The van der Waals surface area contributed by atoms with E-state index in [1.54, 1.807) is 0 Å². The minimum Gasteiger partial charge on any atom is -0.267 e. The molecular formula is C18H12N6O4. The van der Waals surface area contributed by atoms with E-state index in [4.69, 9.17) is 0 Å². The number of amides is 1. The van der Waals surface area contributed by atoms with Gasteiger partial charge >= 0.3 is 0 Å². The van der Waals surface area contributed by atoms with Crippen molar-refractivity contribution in [2.75, 3.05) is 5.43 Å². The first kappa shape index (κ1) is 17.1. The Morgan fingerprint density at radius 1 is 1.11 bits per heavy atom. The number of carbonyl (C=O) groups excluding carboxylic acids is 1. The molecule has 0 atom stereocenters. The average Bonchev–Trinajstić information content (AvgIpc) is 3.15. The maximum absolute atomic E-state index is 12.7. The lowest BCUT2D eigenvalue weighted by Crippen LogP contribution is -2.33. The molecule has 2 aromatic carbocycles. The van der Waals surface area contributed by atoms with Crippen molar-refractivity contribution in [1.29, 1.82) is 0 Å². The van der Waals surface area contributed by atoms with E-state index in [2.05, 4.69) is 15.5 Å². The molecule has 0 saturated heterocycles. The van der Waals surface area contributed by atoms with Crippen molar-refractivity contribution in [3.8, 4) is 5.69 Å². The van der Waals surface area contributed by atoms with Gasteiger partial charge in [0, 0.05) is 17.7 Å². The van der Waals surface area contributed by atoms with Crippen LogP contribution in [0.5, 0.6) is 0 Å². The van der Waals surface area contributed by atoms with Gasteiger partial charge in [-0.1, -0.05) is 24.3 Å². The highest BCUT2D eigenvalue weighted by molar-refractivity contribution is 6.00. The largest absolute Gasteiger partial charge is 0.283 e. The molecule has 1 N–H and O–H groups in total. The molecule has 0 bridgehead atoms. The third-order valence-corrected chi connectivity index (χ3v) is 4.03. The molecule has 10 nitrogen and oxygen atoms in total. The molecule has 138 valence electrons. The minimum atomic E-state index is -0.678. The summed E-state index contributed by atoms with van der Waals surface area (Å²) in [5.41, 5.74) is 2.76. The van der Waals surface area contributed by atoms with Gasteiger partial charge in [-0.3, -0.25) is 25.1 Å². The Kier molecular flexibility index (Phi) is 4.13. The monoisotopic (exact) mass is 376 g/mol. The Morgan fingerprint density at radius 3 is 2.64 bits per heavy atom. The van der Waals surface area contributed by atoms with Gasteiger partial charge in [0.25, 0.3) is 17.2 Å². The van der Waals surface area contributed by atoms with E-state index >= 15 is 0 Å². The predicted molar refractivity (Wildman–Crippen MR) is 99.9 cm³/mol.